The van der Waals surface area contributed by atoms with Gasteiger partial charge in [0.1, 0.15) is 5.52 Å². The van der Waals surface area contributed by atoms with Crippen LogP contribution in [0.4, 0.5) is 22.0 Å². The molecule has 3 amide bonds. The molecule has 12 heteroatoms. The van der Waals surface area contributed by atoms with Gasteiger partial charge in [0.25, 0.3) is 5.91 Å². The Morgan fingerprint density at radius 1 is 0.814 bits per heavy atom. The Morgan fingerprint density at radius 3 is 2.16 bits per heavy atom. The summed E-state index contributed by atoms with van der Waals surface area (Å²) in [6.07, 6.45) is 5.14. The van der Waals surface area contributed by atoms with Gasteiger partial charge in [-0.25, -0.2) is 14.8 Å². The fourth-order valence-electron chi connectivity index (χ4n) is 4.70. The van der Waals surface area contributed by atoms with Crippen LogP contribution in [0.1, 0.15) is 10.4 Å². The summed E-state index contributed by atoms with van der Waals surface area (Å²) in [7, 11) is 3.38. The summed E-state index contributed by atoms with van der Waals surface area (Å²) in [5.41, 5.74) is 5.70. The van der Waals surface area contributed by atoms with Gasteiger partial charge >= 0.3 is 6.03 Å². The second-order valence-electron chi connectivity index (χ2n) is 10.1. The topological polar surface area (TPSA) is 138 Å². The molecule has 6 rings (SSSR count). The number of fused-ring (bicyclic) bond motifs is 1. The molecule has 2 N–H and O–H groups in total. The lowest BCUT2D eigenvalue weighted by Gasteiger charge is -2.28. The highest BCUT2D eigenvalue weighted by atomic mass is 16.5. The van der Waals surface area contributed by atoms with Crippen LogP contribution >= 0.6 is 0 Å². The fraction of sp³-hybridized carbons (Fsp3) is 0.194. The van der Waals surface area contributed by atoms with Crippen LogP contribution in [0.3, 0.4) is 0 Å². The average Bonchev–Trinajstić information content (AvgIpc) is 3.05. The molecule has 3 aromatic heterocycles. The van der Waals surface area contributed by atoms with Crippen molar-refractivity contribution in [1.82, 2.24) is 30.0 Å². The third-order valence-corrected chi connectivity index (χ3v) is 6.94. The zero-order chi connectivity index (χ0) is 29.8. The number of carbonyl (C=O) groups excluding carboxylic acids is 2. The Labute approximate surface area is 247 Å². The lowest BCUT2D eigenvalue weighted by molar-refractivity contribution is 0.0827. The van der Waals surface area contributed by atoms with Crippen LogP contribution in [0, 0.1) is 0 Å². The van der Waals surface area contributed by atoms with Gasteiger partial charge in [-0.05, 0) is 60.7 Å². The van der Waals surface area contributed by atoms with Gasteiger partial charge in [0.2, 0.25) is 0 Å². The van der Waals surface area contributed by atoms with Gasteiger partial charge in [0.15, 0.2) is 11.6 Å². The molecular formula is C31H29N9O3. The third kappa shape index (κ3) is 6.23. The second-order valence-corrected chi connectivity index (χ2v) is 10.1. The average molecular weight is 576 g/mol. The molecule has 43 heavy (non-hydrogen) atoms. The molecule has 1 saturated heterocycles. The molecule has 0 spiro atoms. The number of urea groups is 1. The van der Waals surface area contributed by atoms with Gasteiger partial charge in [-0.2, -0.15) is 10.2 Å². The summed E-state index contributed by atoms with van der Waals surface area (Å²) in [4.78, 5) is 42.9. The number of ether oxygens (including phenoxy) is 1. The van der Waals surface area contributed by atoms with E-state index in [1.54, 1.807) is 69.1 Å². The second kappa shape index (κ2) is 12.2. The zero-order valence-electron chi connectivity index (χ0n) is 23.7. The normalized spacial score (nSPS) is 13.0. The molecule has 2 aromatic carbocycles. The number of rotatable bonds is 6. The third-order valence-electron chi connectivity index (χ3n) is 6.94. The maximum absolute atomic E-state index is 12.6. The molecule has 0 radical (unpaired) electrons. The van der Waals surface area contributed by atoms with Gasteiger partial charge in [0.05, 0.1) is 31.1 Å². The van der Waals surface area contributed by atoms with Gasteiger partial charge in [-0.1, -0.05) is 0 Å². The van der Waals surface area contributed by atoms with Crippen molar-refractivity contribution in [2.75, 3.05) is 55.9 Å². The summed E-state index contributed by atoms with van der Waals surface area (Å²) in [6, 6.07) is 17.5. The molecule has 0 atom stereocenters. The number of nitrogens with one attached hydrogen (secondary N) is 2. The van der Waals surface area contributed by atoms with Crippen molar-refractivity contribution in [3.63, 3.8) is 0 Å². The number of anilines is 3. The van der Waals surface area contributed by atoms with E-state index in [1.807, 2.05) is 24.3 Å². The first-order valence-corrected chi connectivity index (χ1v) is 13.7. The minimum absolute atomic E-state index is 0.105. The molecule has 1 aliphatic heterocycles. The molecule has 5 aromatic rings. The van der Waals surface area contributed by atoms with Crippen LogP contribution < -0.4 is 15.5 Å². The lowest BCUT2D eigenvalue weighted by atomic mass is 10.1. The maximum atomic E-state index is 12.6. The Balaban J connectivity index is 1.23. The number of hydrogen-bond donors (Lipinski definition) is 2. The minimum atomic E-state index is -0.403. The van der Waals surface area contributed by atoms with Crippen LogP contribution in [0.2, 0.25) is 0 Å². The van der Waals surface area contributed by atoms with Gasteiger partial charge in [-0.15, -0.1) is 0 Å². The van der Waals surface area contributed by atoms with E-state index in [-0.39, 0.29) is 5.91 Å². The zero-order valence-corrected chi connectivity index (χ0v) is 23.7. The highest BCUT2D eigenvalue weighted by molar-refractivity contribution is 6.00. The van der Waals surface area contributed by atoms with E-state index in [0.29, 0.717) is 60.1 Å². The van der Waals surface area contributed by atoms with Crippen molar-refractivity contribution >= 4 is 40.2 Å². The number of amides is 3. The van der Waals surface area contributed by atoms with Crippen molar-refractivity contribution in [2.24, 2.45) is 0 Å². The van der Waals surface area contributed by atoms with E-state index in [2.05, 4.69) is 25.7 Å². The summed E-state index contributed by atoms with van der Waals surface area (Å²) >= 11 is 0. The summed E-state index contributed by atoms with van der Waals surface area (Å²) in [5, 5.41) is 13.5. The van der Waals surface area contributed by atoms with E-state index in [4.69, 9.17) is 19.7 Å². The summed E-state index contributed by atoms with van der Waals surface area (Å²) < 4.78 is 5.56. The number of morpholine rings is 1. The SMILES string of the molecule is CN(C)C(=O)c1ccc(NC(=O)Nc2ccc(-c3nc(N4CCOCC4)c4ncc(-c5ccnnc5)cc4n3)cc2)cc1. The van der Waals surface area contributed by atoms with Crippen LogP contribution in [0.5, 0.6) is 0 Å². The quantitative estimate of drug-likeness (QED) is 0.303. The fourth-order valence-corrected chi connectivity index (χ4v) is 4.70. The molecule has 1 fully saturated rings. The Bertz CT molecular complexity index is 1760. The number of benzene rings is 2. The summed E-state index contributed by atoms with van der Waals surface area (Å²) in [6.45, 7) is 2.64. The van der Waals surface area contributed by atoms with Crippen molar-refractivity contribution < 1.29 is 14.3 Å². The predicted molar refractivity (Wildman–Crippen MR) is 164 cm³/mol. The van der Waals surface area contributed by atoms with Crippen molar-refractivity contribution in [3.8, 4) is 22.5 Å². The molecule has 216 valence electrons. The number of hydrogen-bond acceptors (Lipinski definition) is 9. The van der Waals surface area contributed by atoms with Crippen LogP contribution in [0.25, 0.3) is 33.5 Å². The maximum Gasteiger partial charge on any atom is 0.323 e. The molecule has 1 aliphatic rings. The predicted octanol–water partition coefficient (Wildman–Crippen LogP) is 4.33. The molecule has 12 nitrogen and oxygen atoms in total. The first kappa shape index (κ1) is 27.7. The first-order valence-electron chi connectivity index (χ1n) is 13.7. The van der Waals surface area contributed by atoms with Gasteiger partial charge < -0.3 is 25.2 Å². The Morgan fingerprint density at radius 2 is 1.51 bits per heavy atom. The first-order chi connectivity index (χ1) is 20.9. The highest BCUT2D eigenvalue weighted by Crippen LogP contribution is 2.30. The number of carbonyl (C=O) groups is 2. The van der Waals surface area contributed by atoms with Crippen LogP contribution in [-0.2, 0) is 4.74 Å². The van der Waals surface area contributed by atoms with Gasteiger partial charge in [0, 0.05) is 67.0 Å². The Kier molecular flexibility index (Phi) is 7.83. The van der Waals surface area contributed by atoms with E-state index < -0.39 is 6.03 Å². The largest absolute Gasteiger partial charge is 0.378 e. The smallest absolute Gasteiger partial charge is 0.323 e. The van der Waals surface area contributed by atoms with E-state index >= 15 is 0 Å². The van der Waals surface area contributed by atoms with Crippen molar-refractivity contribution in [3.05, 3.63) is 84.8 Å². The van der Waals surface area contributed by atoms with E-state index in [1.165, 1.54) is 4.90 Å². The monoisotopic (exact) mass is 575 g/mol. The van der Waals surface area contributed by atoms with Crippen LogP contribution in [0.15, 0.2) is 79.3 Å². The van der Waals surface area contributed by atoms with Gasteiger partial charge in [-0.3, -0.25) is 9.78 Å². The summed E-state index contributed by atoms with van der Waals surface area (Å²) in [5.74, 6) is 1.19. The number of nitrogens with zero attached hydrogens (tertiary/aromatic N) is 7. The van der Waals surface area contributed by atoms with Crippen molar-refractivity contribution in [1.29, 1.82) is 0 Å². The molecule has 4 heterocycles. The van der Waals surface area contributed by atoms with Crippen LogP contribution in [-0.4, -0.2) is 82.4 Å². The molecule has 0 bridgehead atoms. The molecule has 0 unspecified atom stereocenters. The minimum Gasteiger partial charge on any atom is -0.378 e. The molecule has 0 saturated carbocycles. The standard InChI is InChI=1S/C31H29N9O3/c1-39(2)30(41)21-5-9-25(10-6-21)36-31(42)35-24-7-3-20(4-8-24)28-37-26-17-23(22-11-12-33-34-19-22)18-32-27(26)29(38-28)40-13-15-43-16-14-40/h3-12,17-19H,13-16H2,1-2H3,(H2,35,36,42). The molecule has 0 aliphatic carbocycles. The Hall–Kier alpha value is -5.49. The van der Waals surface area contributed by atoms with E-state index in [0.717, 1.165) is 22.5 Å². The molecular weight excluding hydrogens is 546 g/mol. The number of aromatic nitrogens is 5. The number of pyridine rings is 1. The highest BCUT2D eigenvalue weighted by Gasteiger charge is 2.20. The van der Waals surface area contributed by atoms with Crippen molar-refractivity contribution in [2.45, 2.75) is 0 Å². The lowest BCUT2D eigenvalue weighted by Crippen LogP contribution is -2.37. The van der Waals surface area contributed by atoms with E-state index in [9.17, 15) is 9.59 Å².